The van der Waals surface area contributed by atoms with Crippen LogP contribution in [0.1, 0.15) is 23.0 Å². The van der Waals surface area contributed by atoms with Gasteiger partial charge in [-0.2, -0.15) is 0 Å². The molecule has 0 aliphatic heterocycles. The molecule has 6 nitrogen and oxygen atoms in total. The van der Waals surface area contributed by atoms with Gasteiger partial charge in [-0.3, -0.25) is 9.59 Å². The lowest BCUT2D eigenvalue weighted by atomic mass is 9.52. The van der Waals surface area contributed by atoms with Crippen molar-refractivity contribution in [2.24, 2.45) is 11.8 Å². The fraction of sp³-hybridized carbons (Fsp3) is 0.125. The van der Waals surface area contributed by atoms with E-state index in [1.807, 2.05) is 91.0 Å². The molecule has 0 unspecified atom stereocenters. The van der Waals surface area contributed by atoms with Crippen LogP contribution in [0.3, 0.4) is 0 Å². The first-order chi connectivity index (χ1) is 18.6. The summed E-state index contributed by atoms with van der Waals surface area (Å²) >= 11 is 0. The van der Waals surface area contributed by atoms with E-state index < -0.39 is 35.6 Å². The molecule has 6 heteroatoms. The largest absolute Gasteiger partial charge is 0.481 e. The molecule has 1 aliphatic rings. The lowest BCUT2D eigenvalue weighted by Crippen LogP contribution is -2.52. The molecule has 0 spiro atoms. The van der Waals surface area contributed by atoms with E-state index in [0.717, 1.165) is 33.0 Å². The Bertz CT molecular complexity index is 1560. The second-order valence-electron chi connectivity index (χ2n) is 9.53. The number of hydrogen-bond acceptors (Lipinski definition) is 5. The molecule has 0 saturated heterocycles. The summed E-state index contributed by atoms with van der Waals surface area (Å²) < 4.78 is 5.92. The van der Waals surface area contributed by atoms with Gasteiger partial charge in [0.25, 0.3) is 0 Å². The summed E-state index contributed by atoms with van der Waals surface area (Å²) in [5, 5.41) is 12.1. The Morgan fingerprint density at radius 3 is 1.84 bits per heavy atom. The zero-order chi connectivity index (χ0) is 26.1. The van der Waals surface area contributed by atoms with Gasteiger partial charge in [0, 0.05) is 29.8 Å². The molecule has 0 amide bonds. The van der Waals surface area contributed by atoms with Gasteiger partial charge in [-0.15, -0.1) is 0 Å². The Hall–Kier alpha value is -4.84. The Balaban J connectivity index is 1.31. The molecule has 1 heterocycles. The second-order valence-corrected chi connectivity index (χ2v) is 9.53. The summed E-state index contributed by atoms with van der Waals surface area (Å²) in [6.07, 6.45) is 5.02. The standard InChI is InChI=1S/C32H24N2O4/c35-31(36)29-27(20-7-3-1-4-8-20)30(28(29)21-9-5-2-6-10-21)32(37)38-26-14-13-22-15-23(11-12-24(22)16-26)25-17-33-19-34-18-25/h1-19,27-30H,(H,35,36)/t27-,28-,29?,30?/m0/s1. The van der Waals surface area contributed by atoms with Crippen LogP contribution in [0.4, 0.5) is 0 Å². The summed E-state index contributed by atoms with van der Waals surface area (Å²) in [5.74, 6) is -3.24. The van der Waals surface area contributed by atoms with Gasteiger partial charge in [0.15, 0.2) is 0 Å². The fourth-order valence-corrected chi connectivity index (χ4v) is 5.63. The molecule has 38 heavy (non-hydrogen) atoms. The third-order valence-electron chi connectivity index (χ3n) is 7.40. The number of hydrogen-bond donors (Lipinski definition) is 1. The topological polar surface area (TPSA) is 89.4 Å². The van der Waals surface area contributed by atoms with Gasteiger partial charge in [-0.05, 0) is 45.7 Å². The number of rotatable bonds is 6. The van der Waals surface area contributed by atoms with Crippen molar-refractivity contribution in [3.8, 4) is 16.9 Å². The third-order valence-corrected chi connectivity index (χ3v) is 7.40. The lowest BCUT2D eigenvalue weighted by molar-refractivity contribution is -0.158. The van der Waals surface area contributed by atoms with Crippen molar-refractivity contribution in [1.82, 2.24) is 9.97 Å². The number of carboxylic acid groups (broad SMARTS) is 1. The van der Waals surface area contributed by atoms with Gasteiger partial charge in [0.05, 0.1) is 11.8 Å². The molecule has 1 saturated carbocycles. The highest BCUT2D eigenvalue weighted by Gasteiger charge is 2.59. The molecule has 1 N–H and O–H groups in total. The maximum atomic E-state index is 13.7. The second kappa shape index (κ2) is 9.90. The van der Waals surface area contributed by atoms with Crippen molar-refractivity contribution < 1.29 is 19.4 Å². The quantitative estimate of drug-likeness (QED) is 0.224. The highest BCUT2D eigenvalue weighted by atomic mass is 16.5. The van der Waals surface area contributed by atoms with Gasteiger partial charge in [0.1, 0.15) is 12.1 Å². The van der Waals surface area contributed by atoms with Gasteiger partial charge in [0.2, 0.25) is 0 Å². The highest BCUT2D eigenvalue weighted by molar-refractivity contribution is 5.90. The van der Waals surface area contributed by atoms with Crippen LogP contribution < -0.4 is 4.74 Å². The minimum atomic E-state index is -0.915. The number of carbonyl (C=O) groups is 2. The van der Waals surface area contributed by atoms with E-state index >= 15 is 0 Å². The van der Waals surface area contributed by atoms with Crippen LogP contribution in [0.25, 0.3) is 21.9 Å². The summed E-state index contributed by atoms with van der Waals surface area (Å²) in [6.45, 7) is 0. The molecule has 1 aliphatic carbocycles. The number of carbonyl (C=O) groups excluding carboxylic acids is 1. The van der Waals surface area contributed by atoms with Gasteiger partial charge < -0.3 is 9.84 Å². The van der Waals surface area contributed by atoms with Crippen LogP contribution >= 0.6 is 0 Å². The van der Waals surface area contributed by atoms with E-state index in [0.29, 0.717) is 5.75 Å². The molecule has 0 bridgehead atoms. The van der Waals surface area contributed by atoms with E-state index in [4.69, 9.17) is 4.74 Å². The number of aliphatic carboxylic acids is 1. The number of carboxylic acids is 1. The van der Waals surface area contributed by atoms with Crippen LogP contribution in [0, 0.1) is 11.8 Å². The lowest BCUT2D eigenvalue weighted by Gasteiger charge is -2.48. The van der Waals surface area contributed by atoms with E-state index in [1.54, 1.807) is 18.5 Å². The van der Waals surface area contributed by atoms with Crippen LogP contribution in [0.5, 0.6) is 5.75 Å². The van der Waals surface area contributed by atoms with Crippen molar-refractivity contribution >= 4 is 22.7 Å². The van der Waals surface area contributed by atoms with Crippen LogP contribution in [0.15, 0.2) is 116 Å². The average molecular weight is 501 g/mol. The van der Waals surface area contributed by atoms with Gasteiger partial charge >= 0.3 is 11.9 Å². The first-order valence-corrected chi connectivity index (χ1v) is 12.4. The number of ether oxygens (including phenoxy) is 1. The van der Waals surface area contributed by atoms with E-state index in [9.17, 15) is 14.7 Å². The van der Waals surface area contributed by atoms with Crippen LogP contribution in [0.2, 0.25) is 0 Å². The Kier molecular flexibility index (Phi) is 6.14. The highest BCUT2D eigenvalue weighted by Crippen LogP contribution is 2.58. The van der Waals surface area contributed by atoms with Gasteiger partial charge in [-0.1, -0.05) is 78.9 Å². The predicted octanol–water partition coefficient (Wildman–Crippen LogP) is 6.10. The molecular formula is C32H24N2O4. The minimum Gasteiger partial charge on any atom is -0.481 e. The van der Waals surface area contributed by atoms with Crippen molar-refractivity contribution in [3.63, 3.8) is 0 Å². The Morgan fingerprint density at radius 1 is 0.658 bits per heavy atom. The molecule has 186 valence electrons. The van der Waals surface area contributed by atoms with Crippen molar-refractivity contribution in [1.29, 1.82) is 0 Å². The van der Waals surface area contributed by atoms with Crippen molar-refractivity contribution in [2.75, 3.05) is 0 Å². The van der Waals surface area contributed by atoms with E-state index in [2.05, 4.69) is 9.97 Å². The normalized spacial score (nSPS) is 20.4. The molecule has 6 rings (SSSR count). The molecule has 2 atom stereocenters. The average Bonchev–Trinajstić information content (AvgIpc) is 2.93. The molecular weight excluding hydrogens is 476 g/mol. The summed E-state index contributed by atoms with van der Waals surface area (Å²) in [6, 6.07) is 30.3. The number of nitrogens with zero attached hydrogens (tertiary/aromatic N) is 2. The van der Waals surface area contributed by atoms with Crippen molar-refractivity contribution in [3.05, 3.63) is 127 Å². The monoisotopic (exact) mass is 500 g/mol. The smallest absolute Gasteiger partial charge is 0.315 e. The summed E-state index contributed by atoms with van der Waals surface area (Å²) in [5.41, 5.74) is 3.56. The molecule has 5 aromatic rings. The first-order valence-electron chi connectivity index (χ1n) is 12.4. The zero-order valence-corrected chi connectivity index (χ0v) is 20.3. The minimum absolute atomic E-state index is 0.427. The number of fused-ring (bicyclic) bond motifs is 1. The molecule has 1 fully saturated rings. The third kappa shape index (κ3) is 4.30. The summed E-state index contributed by atoms with van der Waals surface area (Å²) in [4.78, 5) is 34.2. The number of benzene rings is 4. The predicted molar refractivity (Wildman–Crippen MR) is 144 cm³/mol. The maximum Gasteiger partial charge on any atom is 0.315 e. The fourth-order valence-electron chi connectivity index (χ4n) is 5.63. The van der Waals surface area contributed by atoms with E-state index in [-0.39, 0.29) is 0 Å². The Labute approximate surface area is 219 Å². The van der Waals surface area contributed by atoms with Gasteiger partial charge in [-0.25, -0.2) is 9.97 Å². The van der Waals surface area contributed by atoms with E-state index in [1.165, 1.54) is 6.33 Å². The van der Waals surface area contributed by atoms with Crippen LogP contribution in [-0.2, 0) is 9.59 Å². The molecule has 0 radical (unpaired) electrons. The SMILES string of the molecule is O=C(O)C1[C@H](c2ccccc2)C(C(=O)Oc2ccc3cc(-c4cncnc4)ccc3c2)[C@H]1c1ccccc1. The zero-order valence-electron chi connectivity index (χ0n) is 20.3. The van der Waals surface area contributed by atoms with Crippen LogP contribution in [-0.4, -0.2) is 27.0 Å². The van der Waals surface area contributed by atoms with Crippen molar-refractivity contribution in [2.45, 2.75) is 11.8 Å². The molecule has 4 aromatic carbocycles. The molecule has 1 aromatic heterocycles. The Morgan fingerprint density at radius 2 is 1.24 bits per heavy atom. The maximum absolute atomic E-state index is 13.7. The number of aromatic nitrogens is 2. The summed E-state index contributed by atoms with van der Waals surface area (Å²) in [7, 11) is 0. The first kappa shape index (κ1) is 23.6. The number of esters is 1.